The number of aryl methyl sites for hydroxylation is 1. The molecule has 1 aromatic heterocycles. The van der Waals surface area contributed by atoms with Gasteiger partial charge in [-0.1, -0.05) is 42.5 Å². The van der Waals surface area contributed by atoms with Crippen LogP contribution >= 0.6 is 11.3 Å². The normalized spacial score (nSPS) is 11.4. The summed E-state index contributed by atoms with van der Waals surface area (Å²) in [4.78, 5) is 15.2. The fourth-order valence-corrected chi connectivity index (χ4v) is 4.63. The minimum atomic E-state index is -4.02. The van der Waals surface area contributed by atoms with Crippen LogP contribution in [0, 0.1) is 17.0 Å². The fraction of sp³-hybridized carbons (Fsp3) is 0.118. The number of hydrogen-bond acceptors (Lipinski definition) is 6. The summed E-state index contributed by atoms with van der Waals surface area (Å²) >= 11 is 1.39. The molecule has 26 heavy (non-hydrogen) atoms. The van der Waals surface area contributed by atoms with Crippen molar-refractivity contribution in [2.24, 2.45) is 0 Å². The molecule has 1 heterocycles. The molecule has 0 atom stereocenters. The highest BCUT2D eigenvalue weighted by Gasteiger charge is 2.25. The Balaban J connectivity index is 1.83. The summed E-state index contributed by atoms with van der Waals surface area (Å²) < 4.78 is 27.4. The topological polar surface area (TPSA) is 102 Å². The van der Waals surface area contributed by atoms with E-state index in [1.165, 1.54) is 35.6 Å². The first-order valence-electron chi connectivity index (χ1n) is 7.63. The molecule has 0 aliphatic carbocycles. The lowest BCUT2D eigenvalue weighted by atomic mass is 10.2. The van der Waals surface area contributed by atoms with Gasteiger partial charge in [-0.2, -0.15) is 0 Å². The summed E-state index contributed by atoms with van der Waals surface area (Å²) in [5, 5.41) is 11.9. The molecule has 134 valence electrons. The van der Waals surface area contributed by atoms with E-state index in [1.54, 1.807) is 6.92 Å². The SMILES string of the molecule is Cc1nc(-c2ccccc2)sc1CNS(=O)(=O)c1ccccc1[N+](=O)[O-]. The van der Waals surface area contributed by atoms with Gasteiger partial charge in [-0.25, -0.2) is 18.1 Å². The zero-order valence-electron chi connectivity index (χ0n) is 13.7. The number of sulfonamides is 1. The van der Waals surface area contributed by atoms with Crippen LogP contribution < -0.4 is 4.72 Å². The van der Waals surface area contributed by atoms with Crippen LogP contribution in [0.1, 0.15) is 10.6 Å². The molecule has 0 amide bonds. The smallest absolute Gasteiger partial charge is 0.258 e. The molecule has 1 N–H and O–H groups in total. The Morgan fingerprint density at radius 1 is 1.12 bits per heavy atom. The molecule has 3 aromatic rings. The molecule has 7 nitrogen and oxygen atoms in total. The summed E-state index contributed by atoms with van der Waals surface area (Å²) in [5.41, 5.74) is 1.22. The van der Waals surface area contributed by atoms with Gasteiger partial charge >= 0.3 is 0 Å². The van der Waals surface area contributed by atoms with E-state index >= 15 is 0 Å². The number of aromatic nitrogens is 1. The van der Waals surface area contributed by atoms with Crippen molar-refractivity contribution in [3.05, 3.63) is 75.3 Å². The Morgan fingerprint density at radius 2 is 1.77 bits per heavy atom. The minimum absolute atomic E-state index is 0.0186. The second kappa shape index (κ2) is 7.32. The summed E-state index contributed by atoms with van der Waals surface area (Å²) in [5.74, 6) is 0. The van der Waals surface area contributed by atoms with Gasteiger partial charge in [0.05, 0.1) is 10.6 Å². The van der Waals surface area contributed by atoms with Crippen molar-refractivity contribution >= 4 is 27.0 Å². The van der Waals surface area contributed by atoms with E-state index in [9.17, 15) is 18.5 Å². The molecular weight excluding hydrogens is 374 g/mol. The van der Waals surface area contributed by atoms with Crippen LogP contribution in [0.5, 0.6) is 0 Å². The first-order chi connectivity index (χ1) is 12.4. The fourth-order valence-electron chi connectivity index (χ4n) is 2.37. The lowest BCUT2D eigenvalue weighted by molar-refractivity contribution is -0.387. The van der Waals surface area contributed by atoms with Crippen molar-refractivity contribution < 1.29 is 13.3 Å². The Kier molecular flexibility index (Phi) is 5.12. The molecule has 0 saturated heterocycles. The number of hydrogen-bond donors (Lipinski definition) is 1. The summed E-state index contributed by atoms with van der Waals surface area (Å²) in [6.07, 6.45) is 0. The second-order valence-electron chi connectivity index (χ2n) is 5.44. The monoisotopic (exact) mass is 389 g/mol. The maximum atomic E-state index is 12.5. The van der Waals surface area contributed by atoms with Crippen molar-refractivity contribution in [3.63, 3.8) is 0 Å². The highest BCUT2D eigenvalue weighted by Crippen LogP contribution is 2.28. The van der Waals surface area contributed by atoms with Gasteiger partial charge in [-0.3, -0.25) is 10.1 Å². The predicted molar refractivity (Wildman–Crippen MR) is 99.4 cm³/mol. The number of para-hydroxylation sites is 1. The van der Waals surface area contributed by atoms with Gasteiger partial charge in [0, 0.05) is 23.1 Å². The van der Waals surface area contributed by atoms with Gasteiger partial charge < -0.3 is 0 Å². The number of benzene rings is 2. The first-order valence-corrected chi connectivity index (χ1v) is 9.93. The van der Waals surface area contributed by atoms with Gasteiger partial charge in [0.2, 0.25) is 10.0 Å². The van der Waals surface area contributed by atoms with Crippen LogP contribution in [0.3, 0.4) is 0 Å². The average molecular weight is 389 g/mol. The van der Waals surface area contributed by atoms with Crippen LogP contribution in [-0.4, -0.2) is 18.3 Å². The van der Waals surface area contributed by atoms with Crippen LogP contribution in [0.4, 0.5) is 5.69 Å². The molecule has 0 saturated carbocycles. The van der Waals surface area contributed by atoms with Gasteiger partial charge in [0.1, 0.15) is 5.01 Å². The van der Waals surface area contributed by atoms with Gasteiger partial charge in [0.25, 0.3) is 5.69 Å². The van der Waals surface area contributed by atoms with E-state index < -0.39 is 20.6 Å². The van der Waals surface area contributed by atoms with E-state index in [0.717, 1.165) is 21.1 Å². The van der Waals surface area contributed by atoms with Gasteiger partial charge in [-0.15, -0.1) is 11.3 Å². The average Bonchev–Trinajstić information content (AvgIpc) is 3.02. The summed E-state index contributed by atoms with van der Waals surface area (Å²) in [7, 11) is -4.02. The van der Waals surface area contributed by atoms with Crippen molar-refractivity contribution in [1.29, 1.82) is 0 Å². The Labute approximate surface area is 154 Å². The van der Waals surface area contributed by atoms with Crippen molar-refractivity contribution in [2.45, 2.75) is 18.4 Å². The van der Waals surface area contributed by atoms with Crippen molar-refractivity contribution in [2.75, 3.05) is 0 Å². The number of rotatable bonds is 6. The second-order valence-corrected chi connectivity index (χ2v) is 8.26. The Bertz CT molecular complexity index is 1050. The molecule has 0 unspecified atom stereocenters. The molecule has 0 bridgehead atoms. The number of nitro benzene ring substituents is 1. The van der Waals surface area contributed by atoms with E-state index in [1.807, 2.05) is 30.3 Å². The van der Waals surface area contributed by atoms with E-state index in [-0.39, 0.29) is 11.4 Å². The predicted octanol–water partition coefficient (Wildman–Crippen LogP) is 3.51. The van der Waals surface area contributed by atoms with Crippen LogP contribution in [0.2, 0.25) is 0 Å². The third-order valence-corrected chi connectivity index (χ3v) is 6.34. The Morgan fingerprint density at radius 3 is 2.46 bits per heavy atom. The lowest BCUT2D eigenvalue weighted by Gasteiger charge is -2.06. The molecule has 0 radical (unpaired) electrons. The minimum Gasteiger partial charge on any atom is -0.258 e. The van der Waals surface area contributed by atoms with E-state index in [0.29, 0.717) is 0 Å². The molecule has 0 fully saturated rings. The van der Waals surface area contributed by atoms with Crippen molar-refractivity contribution in [1.82, 2.24) is 9.71 Å². The number of nitrogens with zero attached hydrogens (tertiary/aromatic N) is 2. The standard InChI is InChI=1S/C17H15N3O4S2/c1-12-15(25-17(19-12)13-7-3-2-4-8-13)11-18-26(23,24)16-10-6-5-9-14(16)20(21)22/h2-10,18H,11H2,1H3. The highest BCUT2D eigenvalue weighted by molar-refractivity contribution is 7.89. The van der Waals surface area contributed by atoms with Crippen molar-refractivity contribution in [3.8, 4) is 10.6 Å². The Hall–Kier alpha value is -2.62. The highest BCUT2D eigenvalue weighted by atomic mass is 32.2. The third-order valence-electron chi connectivity index (χ3n) is 3.69. The molecule has 2 aromatic carbocycles. The zero-order valence-corrected chi connectivity index (χ0v) is 15.4. The lowest BCUT2D eigenvalue weighted by Crippen LogP contribution is -2.24. The van der Waals surface area contributed by atoms with Gasteiger partial charge in [-0.05, 0) is 13.0 Å². The number of thiazole rings is 1. The maximum absolute atomic E-state index is 12.5. The number of nitrogens with one attached hydrogen (secondary N) is 1. The molecule has 9 heteroatoms. The molecule has 0 aliphatic rings. The zero-order chi connectivity index (χ0) is 18.7. The molecule has 3 rings (SSSR count). The summed E-state index contributed by atoms with van der Waals surface area (Å²) in [6.45, 7) is 1.82. The largest absolute Gasteiger partial charge is 0.289 e. The molecular formula is C17H15N3O4S2. The first kappa shape index (κ1) is 18.2. The van der Waals surface area contributed by atoms with Gasteiger partial charge in [0.15, 0.2) is 4.90 Å². The number of nitro groups is 1. The molecule has 0 aliphatic heterocycles. The third kappa shape index (κ3) is 3.79. The quantitative estimate of drug-likeness (QED) is 0.513. The van der Waals surface area contributed by atoms with E-state index in [2.05, 4.69) is 9.71 Å². The van der Waals surface area contributed by atoms with Crippen LogP contribution in [0.25, 0.3) is 10.6 Å². The van der Waals surface area contributed by atoms with Crippen LogP contribution in [0.15, 0.2) is 59.5 Å². The maximum Gasteiger partial charge on any atom is 0.289 e. The van der Waals surface area contributed by atoms with Crippen LogP contribution in [-0.2, 0) is 16.6 Å². The summed E-state index contributed by atoms with van der Waals surface area (Å²) in [6, 6.07) is 14.8. The molecule has 0 spiro atoms. The van der Waals surface area contributed by atoms with E-state index in [4.69, 9.17) is 0 Å².